The van der Waals surface area contributed by atoms with Gasteiger partial charge in [0.25, 0.3) is 0 Å². The Balaban J connectivity index is 1.90. The lowest BCUT2D eigenvalue weighted by atomic mass is 10.2. The molecule has 0 saturated heterocycles. The highest BCUT2D eigenvalue weighted by molar-refractivity contribution is 7.98. The van der Waals surface area contributed by atoms with Crippen molar-refractivity contribution < 1.29 is 9.53 Å². The normalized spacial score (nSPS) is 11.5. The Morgan fingerprint density at radius 2 is 2.21 bits per heavy atom. The van der Waals surface area contributed by atoms with Crippen LogP contribution in [0.5, 0.6) is 0 Å². The molecule has 0 atom stereocenters. The minimum Gasteiger partial charge on any atom is -0.444 e. The molecule has 24 heavy (non-hydrogen) atoms. The summed E-state index contributed by atoms with van der Waals surface area (Å²) in [5, 5.41) is 7.96. The van der Waals surface area contributed by atoms with Crippen LogP contribution in [0.3, 0.4) is 0 Å². The molecule has 1 amide bonds. The monoisotopic (exact) mass is 351 g/mol. The molecule has 0 fully saturated rings. The van der Waals surface area contributed by atoms with Crippen molar-refractivity contribution in [3.05, 3.63) is 18.6 Å². The van der Waals surface area contributed by atoms with Crippen molar-refractivity contribution in [3.8, 4) is 0 Å². The van der Waals surface area contributed by atoms with Gasteiger partial charge in [-0.3, -0.25) is 0 Å². The summed E-state index contributed by atoms with van der Waals surface area (Å²) in [6, 6.07) is 2.03. The van der Waals surface area contributed by atoms with E-state index in [1.54, 1.807) is 18.1 Å². The van der Waals surface area contributed by atoms with Crippen LogP contribution in [0.4, 0.5) is 10.5 Å². The van der Waals surface area contributed by atoms with E-state index in [1.807, 2.05) is 50.9 Å². The molecule has 0 aliphatic carbocycles. The number of ether oxygens (including phenoxy) is 1. The van der Waals surface area contributed by atoms with Crippen LogP contribution in [0.1, 0.15) is 27.2 Å². The number of amides is 1. The Morgan fingerprint density at radius 1 is 1.46 bits per heavy atom. The zero-order valence-corrected chi connectivity index (χ0v) is 15.7. The molecule has 0 radical (unpaired) electrons. The largest absolute Gasteiger partial charge is 0.444 e. The van der Waals surface area contributed by atoms with Crippen molar-refractivity contribution in [2.45, 2.75) is 37.8 Å². The average molecular weight is 351 g/mol. The van der Waals surface area contributed by atoms with Crippen molar-refractivity contribution in [1.82, 2.24) is 19.9 Å². The van der Waals surface area contributed by atoms with E-state index >= 15 is 0 Å². The first-order valence-electron chi connectivity index (χ1n) is 7.86. The van der Waals surface area contributed by atoms with E-state index in [0.717, 1.165) is 29.2 Å². The minimum absolute atomic E-state index is 0.377. The number of anilines is 1. The molecule has 2 heterocycles. The summed E-state index contributed by atoms with van der Waals surface area (Å²) in [5.41, 5.74) is 1.62. The fourth-order valence-electron chi connectivity index (χ4n) is 2.31. The maximum Gasteiger partial charge on any atom is 0.407 e. The Morgan fingerprint density at radius 3 is 2.88 bits per heavy atom. The summed E-state index contributed by atoms with van der Waals surface area (Å²) in [6.07, 6.45) is 5.94. The number of hydrogen-bond donors (Lipinski definition) is 1. The number of aromatic nitrogens is 3. The van der Waals surface area contributed by atoms with Gasteiger partial charge in [-0.2, -0.15) is 5.10 Å². The number of nitrogens with zero attached hydrogens (tertiary/aromatic N) is 4. The molecule has 2 aromatic heterocycles. The Kier molecular flexibility index (Phi) is 5.93. The topological polar surface area (TPSA) is 71.8 Å². The predicted molar refractivity (Wildman–Crippen MR) is 96.9 cm³/mol. The molecular formula is C16H25N5O2S. The molecule has 0 unspecified atom stereocenters. The van der Waals surface area contributed by atoms with Gasteiger partial charge in [0.1, 0.15) is 22.5 Å². The second-order valence-electron chi connectivity index (χ2n) is 6.47. The SMILES string of the molecule is CSc1ncnn2ccc(N(C)CCCNC(=O)OC(C)(C)C)c12. The first kappa shape index (κ1) is 18.4. The molecule has 8 heteroatoms. The summed E-state index contributed by atoms with van der Waals surface area (Å²) in [5.74, 6) is 0. The second kappa shape index (κ2) is 7.74. The molecule has 0 bridgehead atoms. The third-order valence-electron chi connectivity index (χ3n) is 3.34. The first-order chi connectivity index (χ1) is 11.3. The molecular weight excluding hydrogens is 326 g/mol. The van der Waals surface area contributed by atoms with E-state index < -0.39 is 5.60 Å². The van der Waals surface area contributed by atoms with Gasteiger partial charge < -0.3 is 15.0 Å². The van der Waals surface area contributed by atoms with Crippen molar-refractivity contribution in [2.75, 3.05) is 31.3 Å². The fraction of sp³-hybridized carbons (Fsp3) is 0.562. The van der Waals surface area contributed by atoms with Gasteiger partial charge in [0, 0.05) is 26.3 Å². The third-order valence-corrected chi connectivity index (χ3v) is 4.03. The summed E-state index contributed by atoms with van der Waals surface area (Å²) in [4.78, 5) is 18.1. The highest BCUT2D eigenvalue weighted by Crippen LogP contribution is 2.28. The van der Waals surface area contributed by atoms with Gasteiger partial charge in [0.05, 0.1) is 5.69 Å². The second-order valence-corrected chi connectivity index (χ2v) is 7.26. The van der Waals surface area contributed by atoms with Crippen molar-refractivity contribution in [1.29, 1.82) is 0 Å². The number of carbonyl (C=O) groups excluding carboxylic acids is 1. The molecule has 2 aromatic rings. The maximum atomic E-state index is 11.6. The molecule has 0 aliphatic heterocycles. The van der Waals surface area contributed by atoms with Gasteiger partial charge in [-0.25, -0.2) is 14.3 Å². The van der Waals surface area contributed by atoms with Crippen LogP contribution in [0.25, 0.3) is 5.52 Å². The first-order valence-corrected chi connectivity index (χ1v) is 9.08. The van der Waals surface area contributed by atoms with Crippen molar-refractivity contribution >= 4 is 29.1 Å². The van der Waals surface area contributed by atoms with E-state index in [0.29, 0.717) is 6.54 Å². The molecule has 0 saturated carbocycles. The third kappa shape index (κ3) is 4.77. The quantitative estimate of drug-likeness (QED) is 0.637. The number of nitrogens with one attached hydrogen (secondary N) is 1. The summed E-state index contributed by atoms with van der Waals surface area (Å²) < 4.78 is 7.06. The van der Waals surface area contributed by atoms with Crippen LogP contribution in [-0.4, -0.2) is 52.7 Å². The van der Waals surface area contributed by atoms with E-state index in [2.05, 4.69) is 20.3 Å². The van der Waals surface area contributed by atoms with Gasteiger partial charge in [0.15, 0.2) is 0 Å². The zero-order chi connectivity index (χ0) is 17.7. The minimum atomic E-state index is -0.472. The zero-order valence-electron chi connectivity index (χ0n) is 14.9. The summed E-state index contributed by atoms with van der Waals surface area (Å²) >= 11 is 1.60. The standard InChI is InChI=1S/C16H25N5O2S/c1-16(2,3)23-15(22)17-8-6-9-20(4)12-7-10-21-13(12)14(24-5)18-11-19-21/h7,10-11H,6,8-9H2,1-5H3,(H,17,22). The summed E-state index contributed by atoms with van der Waals surface area (Å²) in [6.45, 7) is 6.92. The molecule has 2 rings (SSSR count). The highest BCUT2D eigenvalue weighted by atomic mass is 32.2. The number of carbonyl (C=O) groups is 1. The molecule has 0 aliphatic rings. The van der Waals surface area contributed by atoms with Gasteiger partial charge in [-0.05, 0) is 39.5 Å². The summed E-state index contributed by atoms with van der Waals surface area (Å²) in [7, 11) is 2.03. The van der Waals surface area contributed by atoms with Gasteiger partial charge >= 0.3 is 6.09 Å². The molecule has 132 valence electrons. The van der Waals surface area contributed by atoms with Gasteiger partial charge in [0.2, 0.25) is 0 Å². The smallest absolute Gasteiger partial charge is 0.407 e. The Hall–Kier alpha value is -1.96. The van der Waals surface area contributed by atoms with Gasteiger partial charge in [-0.15, -0.1) is 11.8 Å². The van der Waals surface area contributed by atoms with Crippen LogP contribution in [-0.2, 0) is 4.74 Å². The van der Waals surface area contributed by atoms with Crippen LogP contribution < -0.4 is 10.2 Å². The van der Waals surface area contributed by atoms with Crippen molar-refractivity contribution in [3.63, 3.8) is 0 Å². The van der Waals surface area contributed by atoms with Gasteiger partial charge in [-0.1, -0.05) is 0 Å². The van der Waals surface area contributed by atoms with E-state index in [9.17, 15) is 4.79 Å². The van der Waals surface area contributed by atoms with E-state index in [1.165, 1.54) is 0 Å². The van der Waals surface area contributed by atoms with Crippen LogP contribution in [0.2, 0.25) is 0 Å². The Labute approximate surface area is 146 Å². The number of thioether (sulfide) groups is 1. The van der Waals surface area contributed by atoms with E-state index in [-0.39, 0.29) is 6.09 Å². The molecule has 0 aromatic carbocycles. The number of alkyl carbamates (subject to hydrolysis) is 1. The highest BCUT2D eigenvalue weighted by Gasteiger charge is 2.16. The molecule has 0 spiro atoms. The van der Waals surface area contributed by atoms with Crippen molar-refractivity contribution in [2.24, 2.45) is 0 Å². The van der Waals surface area contributed by atoms with Crippen LogP contribution in [0.15, 0.2) is 23.6 Å². The fourth-order valence-corrected chi connectivity index (χ4v) is 2.85. The molecule has 7 nitrogen and oxygen atoms in total. The van der Waals surface area contributed by atoms with Crippen LogP contribution in [0, 0.1) is 0 Å². The lowest BCUT2D eigenvalue weighted by Gasteiger charge is -2.21. The lowest BCUT2D eigenvalue weighted by Crippen LogP contribution is -2.34. The molecule has 1 N–H and O–H groups in total. The number of hydrogen-bond acceptors (Lipinski definition) is 6. The number of rotatable bonds is 6. The van der Waals surface area contributed by atoms with E-state index in [4.69, 9.17) is 4.74 Å². The average Bonchev–Trinajstić information content (AvgIpc) is 2.93. The lowest BCUT2D eigenvalue weighted by molar-refractivity contribution is 0.0527. The predicted octanol–water partition coefficient (Wildman–Crippen LogP) is 2.80. The van der Waals surface area contributed by atoms with Crippen LogP contribution >= 0.6 is 11.8 Å². The Bertz CT molecular complexity index is 695. The maximum absolute atomic E-state index is 11.6. The number of fused-ring (bicyclic) bond motifs is 1.